The predicted molar refractivity (Wildman–Crippen MR) is 108 cm³/mol. The van der Waals surface area contributed by atoms with Gasteiger partial charge in [0.1, 0.15) is 5.01 Å². The zero-order chi connectivity index (χ0) is 19.4. The summed E-state index contributed by atoms with van der Waals surface area (Å²) in [6.45, 7) is 1.47. The lowest BCUT2D eigenvalue weighted by Gasteiger charge is -2.14. The van der Waals surface area contributed by atoms with Crippen LogP contribution in [-0.4, -0.2) is 23.0 Å². The van der Waals surface area contributed by atoms with Gasteiger partial charge in [0.2, 0.25) is 0 Å². The summed E-state index contributed by atoms with van der Waals surface area (Å²) in [4.78, 5) is 28.8. The average molecular weight is 421 g/mol. The number of hydrogen-bond donors (Lipinski definition) is 1. The Kier molecular flexibility index (Phi) is 6.11. The first-order chi connectivity index (χ1) is 13.0. The van der Waals surface area contributed by atoms with E-state index in [1.54, 1.807) is 23.6 Å². The number of benzene rings is 2. The molecule has 0 fully saturated rings. The van der Waals surface area contributed by atoms with Crippen molar-refractivity contribution in [3.05, 3.63) is 69.7 Å². The molecule has 1 heterocycles. The minimum Gasteiger partial charge on any atom is -0.448 e. The fraction of sp³-hybridized carbons (Fsp3) is 0.105. The third-order valence-corrected chi connectivity index (χ3v) is 5.31. The number of hydrogen-bond acceptors (Lipinski definition) is 5. The van der Waals surface area contributed by atoms with Crippen LogP contribution in [0.2, 0.25) is 10.0 Å². The quantitative estimate of drug-likeness (QED) is 0.568. The van der Waals surface area contributed by atoms with Crippen LogP contribution < -0.4 is 5.32 Å². The molecule has 1 aromatic heterocycles. The topological polar surface area (TPSA) is 68.3 Å². The first-order valence-corrected chi connectivity index (χ1v) is 9.56. The molecule has 0 spiro atoms. The van der Waals surface area contributed by atoms with Gasteiger partial charge in [-0.2, -0.15) is 0 Å². The van der Waals surface area contributed by atoms with Crippen LogP contribution in [0, 0.1) is 0 Å². The Hall–Kier alpha value is -2.41. The van der Waals surface area contributed by atoms with Crippen molar-refractivity contribution in [2.45, 2.75) is 13.0 Å². The number of halogens is 2. The molecule has 0 radical (unpaired) electrons. The van der Waals surface area contributed by atoms with Crippen LogP contribution in [0.1, 0.15) is 17.4 Å². The Balaban J connectivity index is 1.64. The number of esters is 1. The molecule has 0 saturated heterocycles. The van der Waals surface area contributed by atoms with Crippen LogP contribution in [0.15, 0.2) is 53.9 Å². The molecule has 5 nitrogen and oxygen atoms in total. The smallest absolute Gasteiger partial charge is 0.358 e. The van der Waals surface area contributed by atoms with E-state index in [1.807, 2.05) is 30.3 Å². The second-order valence-corrected chi connectivity index (χ2v) is 7.19. The van der Waals surface area contributed by atoms with Crippen LogP contribution in [0.5, 0.6) is 0 Å². The zero-order valence-corrected chi connectivity index (χ0v) is 16.4. The second-order valence-electron chi connectivity index (χ2n) is 5.54. The number of anilines is 1. The van der Waals surface area contributed by atoms with E-state index in [4.69, 9.17) is 27.9 Å². The molecule has 0 saturated carbocycles. The van der Waals surface area contributed by atoms with Crippen molar-refractivity contribution in [3.63, 3.8) is 0 Å². The molecular weight excluding hydrogens is 407 g/mol. The summed E-state index contributed by atoms with van der Waals surface area (Å²) in [5, 5.41) is 5.42. The lowest BCUT2D eigenvalue weighted by Crippen LogP contribution is -2.30. The van der Waals surface area contributed by atoms with Crippen LogP contribution in [0.3, 0.4) is 0 Å². The molecule has 0 aliphatic rings. The van der Waals surface area contributed by atoms with Gasteiger partial charge in [0.15, 0.2) is 11.8 Å². The van der Waals surface area contributed by atoms with E-state index in [9.17, 15) is 9.59 Å². The van der Waals surface area contributed by atoms with Crippen LogP contribution in [0.4, 0.5) is 5.69 Å². The summed E-state index contributed by atoms with van der Waals surface area (Å²) in [7, 11) is 0. The fourth-order valence-corrected chi connectivity index (χ4v) is 3.33. The number of ether oxygens (including phenoxy) is 1. The molecule has 0 aliphatic carbocycles. The van der Waals surface area contributed by atoms with Gasteiger partial charge in [0.25, 0.3) is 5.91 Å². The molecule has 1 N–H and O–H groups in total. The molecule has 2 aromatic carbocycles. The summed E-state index contributed by atoms with van der Waals surface area (Å²) < 4.78 is 5.21. The Morgan fingerprint density at radius 2 is 1.85 bits per heavy atom. The molecule has 138 valence electrons. The van der Waals surface area contributed by atoms with Gasteiger partial charge in [0, 0.05) is 10.9 Å². The Bertz CT molecular complexity index is 976. The van der Waals surface area contributed by atoms with E-state index in [0.717, 1.165) is 5.56 Å². The van der Waals surface area contributed by atoms with Gasteiger partial charge < -0.3 is 10.1 Å². The van der Waals surface area contributed by atoms with Crippen molar-refractivity contribution < 1.29 is 14.3 Å². The van der Waals surface area contributed by atoms with Gasteiger partial charge in [0.05, 0.1) is 15.7 Å². The highest BCUT2D eigenvalue weighted by molar-refractivity contribution is 7.13. The molecule has 1 unspecified atom stereocenters. The van der Waals surface area contributed by atoms with Gasteiger partial charge in [-0.3, -0.25) is 4.79 Å². The predicted octanol–water partition coefficient (Wildman–Crippen LogP) is 5.30. The van der Waals surface area contributed by atoms with Crippen molar-refractivity contribution in [2.75, 3.05) is 5.32 Å². The molecule has 0 bridgehead atoms. The zero-order valence-electron chi connectivity index (χ0n) is 14.1. The SMILES string of the molecule is CC(OC(=O)c1csc(-c2ccccc2)n1)C(=O)Nc1cccc(Cl)c1Cl. The maximum Gasteiger partial charge on any atom is 0.358 e. The maximum atomic E-state index is 12.3. The highest BCUT2D eigenvalue weighted by atomic mass is 35.5. The molecule has 27 heavy (non-hydrogen) atoms. The van der Waals surface area contributed by atoms with Crippen molar-refractivity contribution in [1.82, 2.24) is 4.98 Å². The summed E-state index contributed by atoms with van der Waals surface area (Å²) in [5.74, 6) is -1.20. The lowest BCUT2D eigenvalue weighted by molar-refractivity contribution is -0.123. The number of nitrogens with zero attached hydrogens (tertiary/aromatic N) is 1. The third-order valence-electron chi connectivity index (χ3n) is 3.60. The standard InChI is InChI=1S/C19H14Cl2N2O3S/c1-11(17(24)22-14-9-5-8-13(20)16(14)21)26-19(25)15-10-27-18(23-15)12-6-3-2-4-7-12/h2-11H,1H3,(H,22,24). The number of amides is 1. The Labute approximate surface area is 169 Å². The molecule has 1 atom stereocenters. The Morgan fingerprint density at radius 3 is 2.59 bits per heavy atom. The summed E-state index contributed by atoms with van der Waals surface area (Å²) >= 11 is 13.3. The summed E-state index contributed by atoms with van der Waals surface area (Å²) in [5.41, 5.74) is 1.40. The van der Waals surface area contributed by atoms with Crippen molar-refractivity contribution in [1.29, 1.82) is 0 Å². The molecule has 3 rings (SSSR count). The summed E-state index contributed by atoms with van der Waals surface area (Å²) in [6, 6.07) is 14.4. The molecule has 3 aromatic rings. The van der Waals surface area contributed by atoms with Crippen LogP contribution >= 0.6 is 34.5 Å². The van der Waals surface area contributed by atoms with Gasteiger partial charge in [-0.15, -0.1) is 11.3 Å². The molecule has 1 amide bonds. The largest absolute Gasteiger partial charge is 0.448 e. The summed E-state index contributed by atoms with van der Waals surface area (Å²) in [6.07, 6.45) is -1.03. The van der Waals surface area contributed by atoms with Crippen molar-refractivity contribution >= 4 is 52.1 Å². The third kappa shape index (κ3) is 4.66. The monoisotopic (exact) mass is 420 g/mol. The fourth-order valence-electron chi connectivity index (χ4n) is 2.19. The molecule has 0 aliphatic heterocycles. The normalized spacial score (nSPS) is 11.7. The van der Waals surface area contributed by atoms with E-state index in [1.165, 1.54) is 18.3 Å². The first kappa shape index (κ1) is 19.4. The highest BCUT2D eigenvalue weighted by Crippen LogP contribution is 2.29. The number of aromatic nitrogens is 1. The second kappa shape index (κ2) is 8.52. The van der Waals surface area contributed by atoms with Crippen LogP contribution in [0.25, 0.3) is 10.6 Å². The van der Waals surface area contributed by atoms with Crippen molar-refractivity contribution in [2.24, 2.45) is 0 Å². The average Bonchev–Trinajstić information content (AvgIpc) is 3.16. The number of carbonyl (C=O) groups excluding carboxylic acids is 2. The maximum absolute atomic E-state index is 12.3. The molecule has 8 heteroatoms. The van der Waals surface area contributed by atoms with Crippen LogP contribution in [-0.2, 0) is 9.53 Å². The minimum absolute atomic E-state index is 0.152. The van der Waals surface area contributed by atoms with Gasteiger partial charge in [-0.1, -0.05) is 59.6 Å². The van der Waals surface area contributed by atoms with E-state index >= 15 is 0 Å². The van der Waals surface area contributed by atoms with E-state index < -0.39 is 18.0 Å². The van der Waals surface area contributed by atoms with Gasteiger partial charge in [-0.05, 0) is 19.1 Å². The lowest BCUT2D eigenvalue weighted by atomic mass is 10.2. The van der Waals surface area contributed by atoms with E-state index in [2.05, 4.69) is 10.3 Å². The Morgan fingerprint density at radius 1 is 1.11 bits per heavy atom. The van der Waals surface area contributed by atoms with E-state index in [0.29, 0.717) is 15.7 Å². The van der Waals surface area contributed by atoms with Gasteiger partial charge in [-0.25, -0.2) is 9.78 Å². The molecular formula is C19H14Cl2N2O3S. The number of nitrogens with one attached hydrogen (secondary N) is 1. The van der Waals surface area contributed by atoms with E-state index in [-0.39, 0.29) is 10.7 Å². The first-order valence-electron chi connectivity index (χ1n) is 7.92. The highest BCUT2D eigenvalue weighted by Gasteiger charge is 2.22. The number of carbonyl (C=O) groups is 2. The minimum atomic E-state index is -1.03. The van der Waals surface area contributed by atoms with Gasteiger partial charge >= 0.3 is 5.97 Å². The number of rotatable bonds is 5. The van der Waals surface area contributed by atoms with Crippen molar-refractivity contribution in [3.8, 4) is 10.6 Å². The number of thiazole rings is 1.